The van der Waals surface area contributed by atoms with Gasteiger partial charge in [0, 0.05) is 102 Å². The summed E-state index contributed by atoms with van der Waals surface area (Å²) in [6.45, 7) is -0.0301. The summed E-state index contributed by atoms with van der Waals surface area (Å²) in [6.07, 6.45) is 2.01. The summed E-state index contributed by atoms with van der Waals surface area (Å²) in [7, 11) is 0. The number of carbonyl (C=O) groups excluding carboxylic acids is 4. The van der Waals surface area contributed by atoms with Crippen molar-refractivity contribution in [1.82, 2.24) is 50.0 Å². The first-order valence-corrected chi connectivity index (χ1v) is 23.0. The van der Waals surface area contributed by atoms with Gasteiger partial charge in [0.1, 0.15) is 17.9 Å². The van der Waals surface area contributed by atoms with Gasteiger partial charge in [0.15, 0.2) is 0 Å². The maximum absolute atomic E-state index is 14.1. The lowest BCUT2D eigenvalue weighted by Gasteiger charge is -2.33. The molecule has 2 aliphatic heterocycles. The molecule has 3 aromatic rings. The van der Waals surface area contributed by atoms with E-state index < -0.39 is 72.5 Å². The summed E-state index contributed by atoms with van der Waals surface area (Å²) in [4.78, 5) is 130. The van der Waals surface area contributed by atoms with E-state index in [1.54, 1.807) is 55.1 Å². The Morgan fingerprint density at radius 2 is 1.30 bits per heavy atom. The van der Waals surface area contributed by atoms with Gasteiger partial charge < -0.3 is 56.3 Å². The quantitative estimate of drug-likeness (QED) is 0.0504. The zero-order valence-electron chi connectivity index (χ0n) is 39.1. The van der Waals surface area contributed by atoms with Crippen molar-refractivity contribution in [1.29, 1.82) is 0 Å². The van der Waals surface area contributed by atoms with Crippen molar-refractivity contribution in [2.45, 2.75) is 51.0 Å². The number of imidazole rings is 1. The fourth-order valence-electron chi connectivity index (χ4n) is 8.22. The first-order valence-electron chi connectivity index (χ1n) is 23.0. The minimum atomic E-state index is -1.54. The first kappa shape index (κ1) is 54.5. The fraction of sp³-hybridized carbons (Fsp3) is 0.478. The molecule has 4 amide bonds. The van der Waals surface area contributed by atoms with E-state index in [-0.39, 0.29) is 124 Å². The van der Waals surface area contributed by atoms with E-state index in [2.05, 4.69) is 25.9 Å². The average Bonchev–Trinajstić information content (AvgIpc) is 3.78. The van der Waals surface area contributed by atoms with Crippen LogP contribution >= 0.6 is 0 Å². The van der Waals surface area contributed by atoms with E-state index in [4.69, 9.17) is 0 Å². The number of anilines is 1. The van der Waals surface area contributed by atoms with E-state index in [0.29, 0.717) is 22.6 Å². The number of hydrogen-bond acceptors (Lipinski definition) is 15. The van der Waals surface area contributed by atoms with Gasteiger partial charge in [-0.05, 0) is 35.7 Å². The highest BCUT2D eigenvalue weighted by Crippen LogP contribution is 2.27. The van der Waals surface area contributed by atoms with Gasteiger partial charge >= 0.3 is 29.8 Å². The van der Waals surface area contributed by atoms with Crippen molar-refractivity contribution >= 4 is 59.2 Å². The second-order valence-electron chi connectivity index (χ2n) is 17.3. The third kappa shape index (κ3) is 18.4. The third-order valence-corrected chi connectivity index (χ3v) is 11.7. The third-order valence-electron chi connectivity index (χ3n) is 11.7. The number of fused-ring (bicyclic) bond motifs is 1. The van der Waals surface area contributed by atoms with Crippen molar-refractivity contribution in [3.05, 3.63) is 83.4 Å². The molecule has 2 aromatic carbocycles. The Hall–Kier alpha value is -7.48. The van der Waals surface area contributed by atoms with E-state index >= 15 is 0 Å². The minimum Gasteiger partial charge on any atom is -0.481 e. The maximum Gasteiger partial charge on any atom is 0.317 e. The second kappa shape index (κ2) is 27.1. The van der Waals surface area contributed by atoms with Gasteiger partial charge in [-0.3, -0.25) is 62.8 Å². The SMILES string of the molecule is O=C(O)CC(NC(=O)CN1CCN(CC(=O)O)CCN(CC(=O)O)CCN(CC(=O)O)CC1)C(=O)NCCCN1Cc2cc(C(=O)N(Cc3ccccc3)Cc3ncc[nH]3)ccc2NC(CC(=O)O)C1=O. The van der Waals surface area contributed by atoms with Crippen molar-refractivity contribution in [2.24, 2.45) is 0 Å². The van der Waals surface area contributed by atoms with Crippen molar-refractivity contribution in [3.8, 4) is 0 Å². The second-order valence-corrected chi connectivity index (χ2v) is 17.3. The molecule has 0 spiro atoms. The number of aliphatic carboxylic acids is 5. The molecule has 1 aromatic heterocycles. The molecule has 0 bridgehead atoms. The van der Waals surface area contributed by atoms with Crippen LogP contribution in [0.25, 0.3) is 0 Å². The number of H-pyrrole nitrogens is 1. The predicted molar refractivity (Wildman–Crippen MR) is 251 cm³/mol. The van der Waals surface area contributed by atoms with Crippen LogP contribution in [0.3, 0.4) is 0 Å². The normalized spacial score (nSPS) is 17.0. The Kier molecular flexibility index (Phi) is 20.8. The molecule has 0 aliphatic carbocycles. The van der Waals surface area contributed by atoms with Crippen LogP contribution in [0.1, 0.15) is 46.6 Å². The summed E-state index contributed by atoms with van der Waals surface area (Å²) in [5.41, 5.74) is 2.19. The van der Waals surface area contributed by atoms with E-state index in [1.165, 1.54) is 4.90 Å². The molecule has 5 rings (SSSR count). The molecule has 384 valence electrons. The average molecular weight is 992 g/mol. The number of hydrogen-bond donors (Lipinski definition) is 9. The van der Waals surface area contributed by atoms with Crippen LogP contribution in [-0.4, -0.2) is 222 Å². The van der Waals surface area contributed by atoms with Gasteiger partial charge in [-0.15, -0.1) is 0 Å². The molecule has 9 N–H and O–H groups in total. The highest BCUT2D eigenvalue weighted by Gasteiger charge is 2.32. The van der Waals surface area contributed by atoms with Gasteiger partial charge in [0.2, 0.25) is 17.7 Å². The van der Waals surface area contributed by atoms with Crippen molar-refractivity contribution < 1.29 is 68.7 Å². The smallest absolute Gasteiger partial charge is 0.317 e. The van der Waals surface area contributed by atoms with Crippen LogP contribution in [0.2, 0.25) is 0 Å². The monoisotopic (exact) mass is 991 g/mol. The molecular weight excluding hydrogens is 931 g/mol. The van der Waals surface area contributed by atoms with Crippen LogP contribution in [0.5, 0.6) is 0 Å². The van der Waals surface area contributed by atoms with Gasteiger partial charge in [-0.2, -0.15) is 0 Å². The number of carbonyl (C=O) groups is 9. The Morgan fingerprint density at radius 1 is 0.718 bits per heavy atom. The van der Waals surface area contributed by atoms with Crippen molar-refractivity contribution in [2.75, 3.05) is 96.9 Å². The number of aromatic nitrogens is 2. The Balaban J connectivity index is 1.23. The topological polar surface area (TPSA) is 339 Å². The van der Waals surface area contributed by atoms with E-state index in [1.807, 2.05) is 30.3 Å². The zero-order valence-corrected chi connectivity index (χ0v) is 39.1. The first-order chi connectivity index (χ1) is 33.9. The summed E-state index contributed by atoms with van der Waals surface area (Å²) < 4.78 is 0. The fourth-order valence-corrected chi connectivity index (χ4v) is 8.22. The molecular formula is C46H61N11O14. The van der Waals surface area contributed by atoms with Crippen LogP contribution in [0.4, 0.5) is 5.69 Å². The number of carboxylic acid groups (broad SMARTS) is 5. The summed E-state index contributed by atoms with van der Waals surface area (Å²) in [6, 6.07) is 11.6. The van der Waals surface area contributed by atoms with Crippen LogP contribution in [0.15, 0.2) is 60.9 Å². The van der Waals surface area contributed by atoms with E-state index in [0.717, 1.165) is 5.56 Å². The number of nitrogens with one attached hydrogen (secondary N) is 4. The van der Waals surface area contributed by atoms with Gasteiger partial charge in [0.05, 0.1) is 45.6 Å². The molecule has 2 unspecified atom stereocenters. The number of amides is 4. The molecule has 2 atom stereocenters. The molecule has 25 heteroatoms. The largest absolute Gasteiger partial charge is 0.481 e. The molecule has 71 heavy (non-hydrogen) atoms. The summed E-state index contributed by atoms with van der Waals surface area (Å²) in [5.74, 6) is -7.85. The van der Waals surface area contributed by atoms with Crippen LogP contribution in [-0.2, 0) is 58.0 Å². The van der Waals surface area contributed by atoms with E-state index in [9.17, 15) is 68.7 Å². The Morgan fingerprint density at radius 3 is 1.82 bits per heavy atom. The van der Waals surface area contributed by atoms with Crippen LogP contribution < -0.4 is 16.0 Å². The predicted octanol–water partition coefficient (Wildman–Crippen LogP) is -1.21. The maximum atomic E-state index is 14.1. The molecule has 3 heterocycles. The highest BCUT2D eigenvalue weighted by atomic mass is 16.4. The molecule has 0 saturated carbocycles. The highest BCUT2D eigenvalue weighted by molar-refractivity contribution is 5.96. The number of nitrogens with zero attached hydrogens (tertiary/aromatic N) is 7. The van der Waals surface area contributed by atoms with Gasteiger partial charge in [-0.25, -0.2) is 4.98 Å². The number of aromatic amines is 1. The molecule has 1 fully saturated rings. The van der Waals surface area contributed by atoms with Crippen molar-refractivity contribution in [3.63, 3.8) is 0 Å². The van der Waals surface area contributed by atoms with Gasteiger partial charge in [0.25, 0.3) is 5.91 Å². The van der Waals surface area contributed by atoms with Crippen LogP contribution in [0, 0.1) is 0 Å². The standard InChI is InChI=1S/C46H61N11O14/c58-38(27-52-13-15-53(28-41(63)64)17-19-55(30-43(67)68)20-18-54(16-14-52)29-42(65)66)51-35(22-39(59)60)44(69)49-9-4-12-56-25-33-21-32(7-8-34(33)50-36(46(56)71)23-40(61)62)45(70)57(26-37-47-10-11-48-37)24-31-5-2-1-3-6-31/h1-3,5-8,10-11,21,35-36,50H,4,9,12-20,22-30H2,(H,47,48)(H,49,69)(H,51,58)(H,59,60)(H,61,62)(H,63,64)(H,65,66)(H,67,68). The molecule has 0 radical (unpaired) electrons. The lowest BCUT2D eigenvalue weighted by atomic mass is 10.1. The number of benzene rings is 2. The Labute approximate surface area is 408 Å². The minimum absolute atomic E-state index is 0.00739. The van der Waals surface area contributed by atoms with Gasteiger partial charge in [-0.1, -0.05) is 30.3 Å². The Bertz CT molecular complexity index is 2300. The lowest BCUT2D eigenvalue weighted by Crippen LogP contribution is -2.52. The molecule has 2 aliphatic rings. The number of rotatable bonds is 23. The summed E-state index contributed by atoms with van der Waals surface area (Å²) >= 11 is 0. The zero-order chi connectivity index (χ0) is 51.5. The number of carboxylic acids is 5. The summed E-state index contributed by atoms with van der Waals surface area (Å²) in [5, 5.41) is 55.9. The molecule has 1 saturated heterocycles. The molecule has 25 nitrogen and oxygen atoms in total. The lowest BCUT2D eigenvalue weighted by molar-refractivity contribution is -0.141.